The quantitative estimate of drug-likeness (QED) is 0.683. The number of carbonyl (C=O) groups is 2. The molecule has 0 unspecified atom stereocenters. The number of nitrogens with one attached hydrogen (secondary N) is 2. The number of amides is 2. The molecular weight excluding hydrogens is 408 g/mol. The zero-order valence-electron chi connectivity index (χ0n) is 17.7. The average Bonchev–Trinajstić information content (AvgIpc) is 3.08. The fourth-order valence-electron chi connectivity index (χ4n) is 3.15. The Labute approximate surface area is 178 Å². The number of carbonyl (C=O) groups excluding carboxylic acids is 2. The number of ether oxygens (including phenoxy) is 1. The fourth-order valence-corrected chi connectivity index (χ4v) is 3.15. The Kier molecular flexibility index (Phi) is 6.37. The Morgan fingerprint density at radius 2 is 2.06 bits per heavy atom. The van der Waals surface area contributed by atoms with Crippen molar-refractivity contribution in [1.29, 1.82) is 0 Å². The van der Waals surface area contributed by atoms with Crippen molar-refractivity contribution in [1.82, 2.24) is 20.1 Å². The van der Waals surface area contributed by atoms with E-state index in [2.05, 4.69) is 20.7 Å². The molecule has 3 heterocycles. The molecule has 2 N–H and O–H groups in total. The molecule has 2 bridgehead atoms. The molecule has 1 aliphatic rings. The molecule has 0 aromatic carbocycles. The van der Waals surface area contributed by atoms with E-state index in [9.17, 15) is 18.4 Å². The van der Waals surface area contributed by atoms with Crippen molar-refractivity contribution in [2.45, 2.75) is 52.3 Å². The highest BCUT2D eigenvalue weighted by atomic mass is 19.3. The summed E-state index contributed by atoms with van der Waals surface area (Å²) in [6.07, 6.45) is 7.35. The zero-order chi connectivity index (χ0) is 22.8. The molecule has 31 heavy (non-hydrogen) atoms. The summed E-state index contributed by atoms with van der Waals surface area (Å²) in [7, 11) is 0. The smallest absolute Gasteiger partial charge is 0.408 e. The van der Waals surface area contributed by atoms with Gasteiger partial charge in [0.05, 0.1) is 29.5 Å². The summed E-state index contributed by atoms with van der Waals surface area (Å²) in [6.45, 7) is 4.03. The Hall–Kier alpha value is -3.30. The van der Waals surface area contributed by atoms with Crippen molar-refractivity contribution >= 4 is 17.7 Å². The third kappa shape index (κ3) is 5.44. The van der Waals surface area contributed by atoms with Gasteiger partial charge >= 0.3 is 12.6 Å². The minimum absolute atomic E-state index is 0.0328. The highest BCUT2D eigenvalue weighted by Gasteiger charge is 2.25. The number of rotatable bonds is 2. The minimum atomic E-state index is -2.91. The second-order valence-corrected chi connectivity index (χ2v) is 8.28. The van der Waals surface area contributed by atoms with Gasteiger partial charge in [-0.25, -0.2) is 9.48 Å². The first kappa shape index (κ1) is 22.4. The molecular formula is C21H25F2N5O3. The van der Waals surface area contributed by atoms with Gasteiger partial charge in [0.25, 0.3) is 0 Å². The number of pyridine rings is 1. The normalized spacial score (nSPS) is 20.2. The number of fused-ring (bicyclic) bond motifs is 4. The molecule has 2 atom stereocenters. The molecule has 0 radical (unpaired) electrons. The van der Waals surface area contributed by atoms with Crippen LogP contribution in [0.15, 0.2) is 36.8 Å². The molecule has 8 nitrogen and oxygen atoms in total. The van der Waals surface area contributed by atoms with Gasteiger partial charge in [-0.1, -0.05) is 19.1 Å². The summed E-state index contributed by atoms with van der Waals surface area (Å²) in [5.41, 5.74) is 0.433. The molecule has 2 aromatic heterocycles. The molecule has 0 fully saturated rings. The number of anilines is 1. The predicted molar refractivity (Wildman–Crippen MR) is 110 cm³/mol. The van der Waals surface area contributed by atoms with Gasteiger partial charge in [-0.05, 0) is 38.8 Å². The van der Waals surface area contributed by atoms with Crippen LogP contribution in [-0.4, -0.2) is 32.4 Å². The SMILES string of the molecule is C[C@@H]1/C=C\C[C@H](NC(=O)OC(C)(C)C)c2cncc(c2)-c2c(cnn2C(F)F)NC1=O. The standard InChI is InChI=1S/C21H25F2N5O3/c1-12-6-5-7-15(27-20(30)31-21(2,3)4)13-8-14(10-24-9-13)17-16(26-18(12)29)11-25-28(17)19(22)23/h5-6,8-12,15,19H,7H2,1-4H3,(H,26,29)(H,27,30)/b6-5-/t12-,15+/m1/s1. The summed E-state index contributed by atoms with van der Waals surface area (Å²) in [4.78, 5) is 29.0. The van der Waals surface area contributed by atoms with Gasteiger partial charge in [0.2, 0.25) is 5.91 Å². The van der Waals surface area contributed by atoms with Crippen LogP contribution in [0.4, 0.5) is 19.3 Å². The van der Waals surface area contributed by atoms with E-state index in [1.54, 1.807) is 52.1 Å². The number of alkyl halides is 2. The molecule has 1 aliphatic heterocycles. The lowest BCUT2D eigenvalue weighted by atomic mass is 10.0. The van der Waals surface area contributed by atoms with Crippen LogP contribution in [0.1, 0.15) is 52.3 Å². The Balaban J connectivity index is 2.07. The number of aromatic nitrogens is 3. The van der Waals surface area contributed by atoms with Crippen molar-refractivity contribution in [3.63, 3.8) is 0 Å². The second-order valence-electron chi connectivity index (χ2n) is 8.28. The Morgan fingerprint density at radius 3 is 2.74 bits per heavy atom. The van der Waals surface area contributed by atoms with Crippen LogP contribution in [0.3, 0.4) is 0 Å². The maximum Gasteiger partial charge on any atom is 0.408 e. The lowest BCUT2D eigenvalue weighted by molar-refractivity contribution is -0.118. The number of hydrogen-bond acceptors (Lipinski definition) is 5. The summed E-state index contributed by atoms with van der Waals surface area (Å²) < 4.78 is 33.0. The Bertz CT molecular complexity index is 997. The van der Waals surface area contributed by atoms with Gasteiger partial charge in [0.1, 0.15) is 5.60 Å². The number of halogens is 2. The first-order valence-electron chi connectivity index (χ1n) is 9.83. The summed E-state index contributed by atoms with van der Waals surface area (Å²) in [5.74, 6) is -0.895. The molecule has 166 valence electrons. The van der Waals surface area contributed by atoms with Crippen LogP contribution < -0.4 is 10.6 Å². The van der Waals surface area contributed by atoms with E-state index in [0.29, 0.717) is 22.2 Å². The first-order valence-corrected chi connectivity index (χ1v) is 9.83. The summed E-state index contributed by atoms with van der Waals surface area (Å²) in [5, 5.41) is 9.18. The summed E-state index contributed by atoms with van der Waals surface area (Å²) in [6, 6.07) is 1.10. The topological polar surface area (TPSA) is 98.1 Å². The average molecular weight is 433 g/mol. The monoisotopic (exact) mass is 433 g/mol. The molecule has 2 amide bonds. The predicted octanol–water partition coefficient (Wildman–Crippen LogP) is 4.44. The molecule has 10 heteroatoms. The van der Waals surface area contributed by atoms with E-state index >= 15 is 0 Å². The zero-order valence-corrected chi connectivity index (χ0v) is 17.7. The molecule has 0 spiro atoms. The van der Waals surface area contributed by atoms with Crippen molar-refractivity contribution in [3.8, 4) is 11.3 Å². The molecule has 2 aromatic rings. The first-order chi connectivity index (χ1) is 14.5. The lowest BCUT2D eigenvalue weighted by Gasteiger charge is -2.24. The van der Waals surface area contributed by atoms with Gasteiger partial charge < -0.3 is 15.4 Å². The van der Waals surface area contributed by atoms with Crippen LogP contribution in [0.5, 0.6) is 0 Å². The maximum absolute atomic E-state index is 13.6. The molecule has 0 saturated carbocycles. The fraction of sp³-hybridized carbons (Fsp3) is 0.429. The van der Waals surface area contributed by atoms with Crippen LogP contribution in [0, 0.1) is 5.92 Å². The third-order valence-electron chi connectivity index (χ3n) is 4.57. The van der Waals surface area contributed by atoms with Crippen molar-refractivity contribution < 1.29 is 23.1 Å². The van der Waals surface area contributed by atoms with Crippen molar-refractivity contribution in [3.05, 3.63) is 42.4 Å². The third-order valence-corrected chi connectivity index (χ3v) is 4.57. The van der Waals surface area contributed by atoms with E-state index in [0.717, 1.165) is 0 Å². The highest BCUT2D eigenvalue weighted by Crippen LogP contribution is 2.33. The Morgan fingerprint density at radius 1 is 1.32 bits per heavy atom. The molecule has 3 rings (SSSR count). The number of nitrogens with zero attached hydrogens (tertiary/aromatic N) is 3. The van der Waals surface area contributed by atoms with Gasteiger partial charge in [-0.3, -0.25) is 9.78 Å². The highest BCUT2D eigenvalue weighted by molar-refractivity contribution is 5.96. The van der Waals surface area contributed by atoms with Crippen LogP contribution in [0.2, 0.25) is 0 Å². The number of hydrogen-bond donors (Lipinski definition) is 2. The maximum atomic E-state index is 13.6. The lowest BCUT2D eigenvalue weighted by Crippen LogP contribution is -2.35. The van der Waals surface area contributed by atoms with E-state index in [1.165, 1.54) is 12.4 Å². The van der Waals surface area contributed by atoms with Gasteiger partial charge in [0, 0.05) is 18.0 Å². The van der Waals surface area contributed by atoms with Gasteiger partial charge in [0.15, 0.2) is 0 Å². The van der Waals surface area contributed by atoms with E-state index < -0.39 is 30.2 Å². The van der Waals surface area contributed by atoms with E-state index in [1.807, 2.05) is 0 Å². The van der Waals surface area contributed by atoms with Crippen LogP contribution in [0.25, 0.3) is 11.3 Å². The van der Waals surface area contributed by atoms with Crippen LogP contribution >= 0.6 is 0 Å². The molecule has 0 aliphatic carbocycles. The van der Waals surface area contributed by atoms with E-state index in [4.69, 9.17) is 4.74 Å². The molecule has 0 saturated heterocycles. The van der Waals surface area contributed by atoms with Gasteiger partial charge in [-0.15, -0.1) is 0 Å². The van der Waals surface area contributed by atoms with Crippen molar-refractivity contribution in [2.24, 2.45) is 5.92 Å². The second kappa shape index (κ2) is 8.83. The van der Waals surface area contributed by atoms with E-state index in [-0.39, 0.29) is 17.3 Å². The minimum Gasteiger partial charge on any atom is -0.444 e. The van der Waals surface area contributed by atoms with Crippen LogP contribution in [-0.2, 0) is 9.53 Å². The summed E-state index contributed by atoms with van der Waals surface area (Å²) >= 11 is 0. The number of alkyl carbamates (subject to hydrolysis) is 1. The largest absolute Gasteiger partial charge is 0.444 e. The van der Waals surface area contributed by atoms with Gasteiger partial charge in [-0.2, -0.15) is 13.9 Å². The van der Waals surface area contributed by atoms with Crippen molar-refractivity contribution in [2.75, 3.05) is 5.32 Å².